The Bertz CT molecular complexity index is 1270. The van der Waals surface area contributed by atoms with Crippen LogP contribution in [0.5, 0.6) is 0 Å². The first-order valence-electron chi connectivity index (χ1n) is 9.76. The molecule has 1 amide bonds. The van der Waals surface area contributed by atoms with Crippen LogP contribution in [0, 0.1) is 6.92 Å². The topological polar surface area (TPSA) is 104 Å². The zero-order chi connectivity index (χ0) is 22.7. The maximum absolute atomic E-state index is 12.9. The Morgan fingerprint density at radius 2 is 1.91 bits per heavy atom. The van der Waals surface area contributed by atoms with Gasteiger partial charge in [-0.05, 0) is 56.3 Å². The van der Waals surface area contributed by atoms with Crippen molar-refractivity contribution in [1.29, 1.82) is 0 Å². The van der Waals surface area contributed by atoms with Crippen molar-refractivity contribution in [1.82, 2.24) is 24.5 Å². The van der Waals surface area contributed by atoms with Crippen molar-refractivity contribution in [3.8, 4) is 11.4 Å². The van der Waals surface area contributed by atoms with Crippen LogP contribution in [0.4, 0.5) is 5.69 Å². The highest BCUT2D eigenvalue weighted by molar-refractivity contribution is 9.10. The van der Waals surface area contributed by atoms with E-state index in [1.54, 1.807) is 59.9 Å². The predicted molar refractivity (Wildman–Crippen MR) is 121 cm³/mol. The monoisotopic (exact) mass is 494 g/mol. The Morgan fingerprint density at radius 1 is 1.12 bits per heavy atom. The van der Waals surface area contributed by atoms with Gasteiger partial charge in [0, 0.05) is 10.0 Å². The fourth-order valence-electron chi connectivity index (χ4n) is 3.17. The molecule has 0 aliphatic rings. The number of ether oxygens (including phenoxy) is 1. The molecule has 9 nitrogen and oxygen atoms in total. The molecular formula is C22H19BrN6O3. The lowest BCUT2D eigenvalue weighted by molar-refractivity contribution is 0.0525. The van der Waals surface area contributed by atoms with E-state index in [9.17, 15) is 9.59 Å². The minimum atomic E-state index is -0.413. The van der Waals surface area contributed by atoms with Gasteiger partial charge in [-0.15, -0.1) is 0 Å². The number of esters is 1. The highest BCUT2D eigenvalue weighted by atomic mass is 79.9. The lowest BCUT2D eigenvalue weighted by Crippen LogP contribution is -2.14. The quantitative estimate of drug-likeness (QED) is 0.407. The lowest BCUT2D eigenvalue weighted by atomic mass is 10.1. The third-order valence-electron chi connectivity index (χ3n) is 4.75. The molecule has 0 aliphatic carbocycles. The zero-order valence-electron chi connectivity index (χ0n) is 17.3. The fourth-order valence-corrected chi connectivity index (χ4v) is 3.53. The molecule has 4 aromatic rings. The first-order chi connectivity index (χ1) is 15.5. The Kier molecular flexibility index (Phi) is 6.13. The Balaban J connectivity index is 1.55. The molecule has 0 aliphatic heterocycles. The van der Waals surface area contributed by atoms with Crippen LogP contribution in [0.3, 0.4) is 0 Å². The molecule has 0 unspecified atom stereocenters. The second-order valence-corrected chi connectivity index (χ2v) is 7.69. The Morgan fingerprint density at radius 3 is 2.59 bits per heavy atom. The standard InChI is InChI=1S/C22H19BrN6O3/c1-3-32-22(31)18-11-25-29(14(18)2)17-7-4-15(5-8-17)21(30)27-19-10-16(23)6-9-20(19)28-13-24-12-26-28/h4-13H,3H2,1-2H3,(H,27,30). The maximum atomic E-state index is 12.9. The number of anilines is 1. The smallest absolute Gasteiger partial charge is 0.341 e. The Hall–Kier alpha value is -3.79. The lowest BCUT2D eigenvalue weighted by Gasteiger charge is -2.12. The minimum absolute atomic E-state index is 0.277. The second kappa shape index (κ2) is 9.15. The summed E-state index contributed by atoms with van der Waals surface area (Å²) < 4.78 is 9.08. The van der Waals surface area contributed by atoms with Gasteiger partial charge in [0.2, 0.25) is 0 Å². The SMILES string of the molecule is CCOC(=O)c1cnn(-c2ccc(C(=O)Nc3cc(Br)ccc3-n3cncn3)cc2)c1C. The first-order valence-corrected chi connectivity index (χ1v) is 10.6. The number of halogens is 1. The van der Waals surface area contributed by atoms with E-state index in [1.165, 1.54) is 12.5 Å². The average Bonchev–Trinajstić information content (AvgIpc) is 3.44. The summed E-state index contributed by atoms with van der Waals surface area (Å²) in [5, 5.41) is 11.3. The van der Waals surface area contributed by atoms with E-state index < -0.39 is 5.97 Å². The van der Waals surface area contributed by atoms with E-state index in [1.807, 2.05) is 12.1 Å². The maximum Gasteiger partial charge on any atom is 0.341 e. The molecule has 0 spiro atoms. The van der Waals surface area contributed by atoms with Crippen molar-refractivity contribution < 1.29 is 14.3 Å². The van der Waals surface area contributed by atoms with Crippen LogP contribution in [0.1, 0.15) is 33.3 Å². The van der Waals surface area contributed by atoms with Gasteiger partial charge in [0.05, 0.1) is 35.6 Å². The summed E-state index contributed by atoms with van der Waals surface area (Å²) in [5.41, 5.74) is 3.53. The van der Waals surface area contributed by atoms with Gasteiger partial charge in [0.15, 0.2) is 0 Å². The largest absolute Gasteiger partial charge is 0.462 e. The summed E-state index contributed by atoms with van der Waals surface area (Å²) in [6.45, 7) is 3.84. The van der Waals surface area contributed by atoms with Crippen LogP contribution < -0.4 is 5.32 Å². The molecule has 0 atom stereocenters. The van der Waals surface area contributed by atoms with Crippen molar-refractivity contribution in [3.05, 3.63) is 82.6 Å². The van der Waals surface area contributed by atoms with Crippen molar-refractivity contribution in [2.45, 2.75) is 13.8 Å². The number of hydrogen-bond donors (Lipinski definition) is 1. The third-order valence-corrected chi connectivity index (χ3v) is 5.24. The number of nitrogens with zero attached hydrogens (tertiary/aromatic N) is 5. The van der Waals surface area contributed by atoms with Gasteiger partial charge in [0.25, 0.3) is 5.91 Å². The van der Waals surface area contributed by atoms with Crippen molar-refractivity contribution >= 4 is 33.5 Å². The molecule has 0 radical (unpaired) electrons. The summed E-state index contributed by atoms with van der Waals surface area (Å²) in [5.74, 6) is -0.690. The number of nitrogens with one attached hydrogen (secondary N) is 1. The molecule has 2 aromatic heterocycles. The summed E-state index contributed by atoms with van der Waals surface area (Å²) in [4.78, 5) is 28.9. The van der Waals surface area contributed by atoms with E-state index in [0.29, 0.717) is 34.8 Å². The number of benzene rings is 2. The second-order valence-electron chi connectivity index (χ2n) is 6.78. The Labute approximate surface area is 192 Å². The number of hydrogen-bond acceptors (Lipinski definition) is 6. The van der Waals surface area contributed by atoms with E-state index in [2.05, 4.69) is 36.4 Å². The van der Waals surface area contributed by atoms with Crippen LogP contribution in [-0.2, 0) is 4.74 Å². The first kappa shape index (κ1) is 21.4. The van der Waals surface area contributed by atoms with Crippen LogP contribution in [0.15, 0.2) is 65.8 Å². The van der Waals surface area contributed by atoms with Crippen molar-refractivity contribution in [2.75, 3.05) is 11.9 Å². The number of carbonyl (C=O) groups is 2. The van der Waals surface area contributed by atoms with Gasteiger partial charge < -0.3 is 10.1 Å². The van der Waals surface area contributed by atoms with Crippen LogP contribution >= 0.6 is 15.9 Å². The molecule has 1 N–H and O–H groups in total. The molecule has 32 heavy (non-hydrogen) atoms. The average molecular weight is 495 g/mol. The normalized spacial score (nSPS) is 10.7. The van der Waals surface area contributed by atoms with Gasteiger partial charge in [-0.25, -0.2) is 19.1 Å². The van der Waals surface area contributed by atoms with Gasteiger partial charge in [-0.1, -0.05) is 15.9 Å². The molecule has 162 valence electrons. The summed E-state index contributed by atoms with van der Waals surface area (Å²) in [6, 6.07) is 12.4. The third kappa shape index (κ3) is 4.30. The van der Waals surface area contributed by atoms with Gasteiger partial charge in [0.1, 0.15) is 18.2 Å². The molecule has 2 aromatic carbocycles. The number of amides is 1. The van der Waals surface area contributed by atoms with Gasteiger partial charge in [-0.3, -0.25) is 4.79 Å². The minimum Gasteiger partial charge on any atom is -0.462 e. The molecule has 4 rings (SSSR count). The van der Waals surface area contributed by atoms with E-state index in [-0.39, 0.29) is 5.91 Å². The zero-order valence-corrected chi connectivity index (χ0v) is 18.9. The fraction of sp³-hybridized carbons (Fsp3) is 0.136. The molecule has 0 fully saturated rings. The molecule has 0 saturated carbocycles. The summed E-state index contributed by atoms with van der Waals surface area (Å²) in [7, 11) is 0. The predicted octanol–water partition coefficient (Wildman–Crippen LogP) is 3.95. The van der Waals surface area contributed by atoms with Crippen molar-refractivity contribution in [3.63, 3.8) is 0 Å². The number of carbonyl (C=O) groups excluding carboxylic acids is 2. The van der Waals surface area contributed by atoms with Crippen LogP contribution in [0.2, 0.25) is 0 Å². The van der Waals surface area contributed by atoms with E-state index >= 15 is 0 Å². The highest BCUT2D eigenvalue weighted by Gasteiger charge is 2.17. The van der Waals surface area contributed by atoms with E-state index in [4.69, 9.17) is 4.74 Å². The summed E-state index contributed by atoms with van der Waals surface area (Å²) in [6.07, 6.45) is 4.47. The highest BCUT2D eigenvalue weighted by Crippen LogP contribution is 2.25. The van der Waals surface area contributed by atoms with Crippen LogP contribution in [0.25, 0.3) is 11.4 Å². The van der Waals surface area contributed by atoms with Crippen molar-refractivity contribution in [2.24, 2.45) is 0 Å². The van der Waals surface area contributed by atoms with Gasteiger partial charge in [-0.2, -0.15) is 10.2 Å². The molecule has 0 saturated heterocycles. The number of rotatable bonds is 6. The molecular weight excluding hydrogens is 476 g/mol. The van der Waals surface area contributed by atoms with Crippen LogP contribution in [-0.4, -0.2) is 43.0 Å². The van der Waals surface area contributed by atoms with E-state index in [0.717, 1.165) is 10.2 Å². The summed E-state index contributed by atoms with van der Waals surface area (Å²) >= 11 is 3.43. The van der Waals surface area contributed by atoms with Gasteiger partial charge >= 0.3 is 5.97 Å². The molecule has 10 heteroatoms. The molecule has 2 heterocycles. The molecule has 0 bridgehead atoms. The number of aromatic nitrogens is 5.